The molecule has 3 amide bonds. The van der Waals surface area contributed by atoms with Crippen molar-refractivity contribution in [2.75, 3.05) is 13.7 Å². The lowest BCUT2D eigenvalue weighted by Crippen LogP contribution is -2.41. The summed E-state index contributed by atoms with van der Waals surface area (Å²) >= 11 is 5.95. The van der Waals surface area contributed by atoms with Gasteiger partial charge in [-0.25, -0.2) is 9.59 Å². The first-order valence-electron chi connectivity index (χ1n) is 7.65. The van der Waals surface area contributed by atoms with Crippen molar-refractivity contribution in [2.45, 2.75) is 6.10 Å². The zero-order chi connectivity index (χ0) is 18.9. The normalized spacial score (nSPS) is 11.2. The van der Waals surface area contributed by atoms with Gasteiger partial charge in [-0.1, -0.05) is 54.1 Å². The molecule has 0 aliphatic carbocycles. The van der Waals surface area contributed by atoms with E-state index in [0.717, 1.165) is 0 Å². The highest BCUT2D eigenvalue weighted by Gasteiger charge is 2.26. The maximum Gasteiger partial charge on any atom is 0.345 e. The number of carbonyl (C=O) groups excluding carboxylic acids is 3. The molecule has 0 saturated carbocycles. The number of hydrogen-bond acceptors (Lipinski definition) is 5. The van der Waals surface area contributed by atoms with E-state index in [1.807, 2.05) is 0 Å². The van der Waals surface area contributed by atoms with Crippen LogP contribution < -0.4 is 15.4 Å². The highest BCUT2D eigenvalue weighted by atomic mass is 35.5. The Kier molecular flexibility index (Phi) is 6.99. The van der Waals surface area contributed by atoms with E-state index in [1.165, 1.54) is 7.05 Å². The summed E-state index contributed by atoms with van der Waals surface area (Å²) < 4.78 is 10.5. The van der Waals surface area contributed by atoms with Crippen LogP contribution in [0, 0.1) is 0 Å². The van der Waals surface area contributed by atoms with Crippen molar-refractivity contribution in [1.82, 2.24) is 10.6 Å². The molecule has 8 heteroatoms. The van der Waals surface area contributed by atoms with E-state index in [9.17, 15) is 14.4 Å². The number of carbonyl (C=O) groups is 3. The summed E-state index contributed by atoms with van der Waals surface area (Å²) in [5.74, 6) is -1.25. The summed E-state index contributed by atoms with van der Waals surface area (Å²) in [6.45, 7) is -0.444. The number of amides is 3. The maximum atomic E-state index is 12.3. The van der Waals surface area contributed by atoms with Crippen LogP contribution in [-0.4, -0.2) is 31.6 Å². The van der Waals surface area contributed by atoms with Crippen LogP contribution in [0.5, 0.6) is 5.75 Å². The third-order valence-corrected chi connectivity index (χ3v) is 3.55. The number of imide groups is 1. The van der Waals surface area contributed by atoms with Crippen LogP contribution in [0.25, 0.3) is 0 Å². The Labute approximate surface area is 155 Å². The molecular formula is C18H17ClN2O5. The molecule has 7 nitrogen and oxygen atoms in total. The fraction of sp³-hybridized carbons (Fsp3) is 0.167. The van der Waals surface area contributed by atoms with Gasteiger partial charge in [-0.3, -0.25) is 10.1 Å². The third-order valence-electron chi connectivity index (χ3n) is 3.24. The second-order valence-corrected chi connectivity index (χ2v) is 5.48. The minimum Gasteiger partial charge on any atom is -0.480 e. The molecule has 0 aromatic heterocycles. The number of ether oxygens (including phenoxy) is 2. The topological polar surface area (TPSA) is 93.7 Å². The molecule has 0 aliphatic rings. The second-order valence-electron chi connectivity index (χ2n) is 5.07. The van der Waals surface area contributed by atoms with Gasteiger partial charge in [0.2, 0.25) is 6.10 Å². The van der Waals surface area contributed by atoms with Gasteiger partial charge in [0, 0.05) is 12.6 Å². The molecule has 0 heterocycles. The van der Waals surface area contributed by atoms with Crippen molar-refractivity contribution in [1.29, 1.82) is 0 Å². The van der Waals surface area contributed by atoms with E-state index < -0.39 is 30.6 Å². The maximum absolute atomic E-state index is 12.3. The van der Waals surface area contributed by atoms with Gasteiger partial charge in [0.05, 0.1) is 5.02 Å². The Bertz CT molecular complexity index is 782. The van der Waals surface area contributed by atoms with Crippen molar-refractivity contribution in [3.8, 4) is 5.75 Å². The van der Waals surface area contributed by atoms with E-state index in [-0.39, 0.29) is 0 Å². The molecule has 0 fully saturated rings. The molecular weight excluding hydrogens is 360 g/mol. The summed E-state index contributed by atoms with van der Waals surface area (Å²) in [6.07, 6.45) is -1.30. The first-order chi connectivity index (χ1) is 12.5. The number of esters is 1. The summed E-state index contributed by atoms with van der Waals surface area (Å²) in [5, 5.41) is 4.69. The number of rotatable bonds is 6. The Morgan fingerprint density at radius 2 is 1.69 bits per heavy atom. The lowest BCUT2D eigenvalue weighted by Gasteiger charge is -2.17. The number of para-hydroxylation sites is 1. The molecule has 1 atom stereocenters. The van der Waals surface area contributed by atoms with Crippen LogP contribution in [0.15, 0.2) is 54.6 Å². The van der Waals surface area contributed by atoms with Crippen molar-refractivity contribution in [3.63, 3.8) is 0 Å². The standard InChI is InChI=1S/C18H17ClN2O5/c1-20-18(24)21-17(23)16(12-7-3-2-4-8-12)26-15(22)11-25-14-10-6-5-9-13(14)19/h2-10,16H,11H2,1H3,(H2,20,21,23,24)/t16-/m1/s1. The molecule has 2 aromatic rings. The minimum atomic E-state index is -1.30. The zero-order valence-electron chi connectivity index (χ0n) is 13.9. The molecule has 0 saturated heterocycles. The summed E-state index contributed by atoms with van der Waals surface area (Å²) in [5.41, 5.74) is 0.417. The van der Waals surface area contributed by atoms with Crippen LogP contribution in [0.2, 0.25) is 5.02 Å². The quantitative estimate of drug-likeness (QED) is 0.755. The smallest absolute Gasteiger partial charge is 0.345 e. The molecule has 0 unspecified atom stereocenters. The average molecular weight is 377 g/mol. The van der Waals surface area contributed by atoms with Gasteiger partial charge in [0.25, 0.3) is 5.91 Å². The molecule has 26 heavy (non-hydrogen) atoms. The first kappa shape index (κ1) is 19.3. The van der Waals surface area contributed by atoms with E-state index >= 15 is 0 Å². The Hall–Kier alpha value is -3.06. The fourth-order valence-corrected chi connectivity index (χ4v) is 2.19. The molecule has 2 aromatic carbocycles. The van der Waals surface area contributed by atoms with E-state index in [2.05, 4.69) is 10.6 Å². The van der Waals surface area contributed by atoms with Crippen LogP contribution in [0.4, 0.5) is 4.79 Å². The van der Waals surface area contributed by atoms with E-state index in [4.69, 9.17) is 21.1 Å². The highest BCUT2D eigenvalue weighted by molar-refractivity contribution is 6.32. The minimum absolute atomic E-state index is 0.317. The predicted octanol–water partition coefficient (Wildman–Crippen LogP) is 2.46. The van der Waals surface area contributed by atoms with E-state index in [1.54, 1.807) is 54.6 Å². The highest BCUT2D eigenvalue weighted by Crippen LogP contribution is 2.23. The monoisotopic (exact) mass is 376 g/mol. The lowest BCUT2D eigenvalue weighted by molar-refractivity contribution is -0.158. The third kappa shape index (κ3) is 5.49. The van der Waals surface area contributed by atoms with Gasteiger partial charge in [-0.2, -0.15) is 0 Å². The van der Waals surface area contributed by atoms with Crippen LogP contribution in [0.1, 0.15) is 11.7 Å². The molecule has 136 valence electrons. The van der Waals surface area contributed by atoms with Crippen molar-refractivity contribution >= 4 is 29.5 Å². The Morgan fingerprint density at radius 1 is 1.04 bits per heavy atom. The largest absolute Gasteiger partial charge is 0.480 e. The molecule has 2 rings (SSSR count). The molecule has 0 aliphatic heterocycles. The molecule has 0 radical (unpaired) electrons. The molecule has 2 N–H and O–H groups in total. The number of halogens is 1. The van der Waals surface area contributed by atoms with Crippen LogP contribution in [-0.2, 0) is 14.3 Å². The number of hydrogen-bond donors (Lipinski definition) is 2. The molecule has 0 bridgehead atoms. The number of benzene rings is 2. The van der Waals surface area contributed by atoms with Crippen molar-refractivity contribution in [3.05, 3.63) is 65.2 Å². The first-order valence-corrected chi connectivity index (χ1v) is 8.03. The average Bonchev–Trinajstić information content (AvgIpc) is 2.66. The van der Waals surface area contributed by atoms with Gasteiger partial charge < -0.3 is 14.8 Å². The summed E-state index contributed by atoms with van der Waals surface area (Å²) in [6, 6.07) is 14.3. The summed E-state index contributed by atoms with van der Waals surface area (Å²) in [4.78, 5) is 35.7. The Morgan fingerprint density at radius 3 is 2.35 bits per heavy atom. The van der Waals surface area contributed by atoms with Gasteiger partial charge in [0.15, 0.2) is 6.61 Å². The van der Waals surface area contributed by atoms with Gasteiger partial charge in [-0.05, 0) is 12.1 Å². The second kappa shape index (κ2) is 9.43. The molecule has 0 spiro atoms. The van der Waals surface area contributed by atoms with Gasteiger partial charge >= 0.3 is 12.0 Å². The van der Waals surface area contributed by atoms with Crippen LogP contribution >= 0.6 is 11.6 Å². The van der Waals surface area contributed by atoms with Crippen molar-refractivity contribution in [2.24, 2.45) is 0 Å². The SMILES string of the molecule is CNC(=O)NC(=O)[C@H](OC(=O)COc1ccccc1Cl)c1ccccc1. The lowest BCUT2D eigenvalue weighted by atomic mass is 10.1. The zero-order valence-corrected chi connectivity index (χ0v) is 14.7. The fourth-order valence-electron chi connectivity index (χ4n) is 2.00. The van der Waals surface area contributed by atoms with Gasteiger partial charge in [-0.15, -0.1) is 0 Å². The number of nitrogens with one attached hydrogen (secondary N) is 2. The number of urea groups is 1. The summed E-state index contributed by atoms with van der Waals surface area (Å²) in [7, 11) is 1.36. The van der Waals surface area contributed by atoms with Gasteiger partial charge in [0.1, 0.15) is 5.75 Å². The predicted molar refractivity (Wildman–Crippen MR) is 94.8 cm³/mol. The van der Waals surface area contributed by atoms with Crippen LogP contribution in [0.3, 0.4) is 0 Å². The van der Waals surface area contributed by atoms with Crippen molar-refractivity contribution < 1.29 is 23.9 Å². The van der Waals surface area contributed by atoms with E-state index in [0.29, 0.717) is 16.3 Å². The Balaban J connectivity index is 2.06.